The van der Waals surface area contributed by atoms with Crippen LogP contribution in [0.1, 0.15) is 75.7 Å². The largest absolute Gasteiger partial charge is 0.460 e. The van der Waals surface area contributed by atoms with E-state index in [1.807, 2.05) is 69.2 Å². The van der Waals surface area contributed by atoms with Crippen molar-refractivity contribution in [1.29, 1.82) is 0 Å². The van der Waals surface area contributed by atoms with Crippen LogP contribution in [0.3, 0.4) is 0 Å². The van der Waals surface area contributed by atoms with Crippen LogP contribution in [-0.2, 0) is 14.3 Å². The lowest BCUT2D eigenvalue weighted by Gasteiger charge is -2.37. The van der Waals surface area contributed by atoms with Gasteiger partial charge in [0, 0.05) is 10.8 Å². The molecule has 0 aromatic carbocycles. The molecule has 0 aliphatic rings. The Bertz CT molecular complexity index is 376. The molecule has 0 unspecified atom stereocenters. The fourth-order valence-corrected chi connectivity index (χ4v) is 2.69. The third-order valence-corrected chi connectivity index (χ3v) is 3.13. The van der Waals surface area contributed by atoms with Crippen LogP contribution in [0.15, 0.2) is 0 Å². The zero-order valence-corrected chi connectivity index (χ0v) is 14.9. The summed E-state index contributed by atoms with van der Waals surface area (Å²) >= 11 is 0. The van der Waals surface area contributed by atoms with E-state index < -0.39 is 21.8 Å². The predicted octanol–water partition coefficient (Wildman–Crippen LogP) is 4.39. The molecule has 0 radical (unpaired) electrons. The van der Waals surface area contributed by atoms with Crippen LogP contribution >= 0.6 is 0 Å². The molecular formula is C17H32O3. The van der Waals surface area contributed by atoms with E-state index >= 15 is 0 Å². The maximum absolute atomic E-state index is 12.5. The summed E-state index contributed by atoms with van der Waals surface area (Å²) in [4.78, 5) is 24.8. The molecule has 0 rings (SSSR count). The Hall–Kier alpha value is -0.860. The maximum atomic E-state index is 12.5. The SMILES string of the molecule is CC(C)(C)OC(=O)C(C)(C)CC(C)(C)C(=O)C(C)(C)C. The smallest absolute Gasteiger partial charge is 0.312 e. The molecule has 0 aliphatic carbocycles. The lowest BCUT2D eigenvalue weighted by Crippen LogP contribution is -2.42. The van der Waals surface area contributed by atoms with Crippen LogP contribution in [0.2, 0.25) is 0 Å². The first kappa shape index (κ1) is 19.1. The van der Waals surface area contributed by atoms with Crippen LogP contribution < -0.4 is 0 Å². The van der Waals surface area contributed by atoms with Crippen molar-refractivity contribution in [2.24, 2.45) is 16.2 Å². The molecule has 0 spiro atoms. The van der Waals surface area contributed by atoms with E-state index in [9.17, 15) is 9.59 Å². The standard InChI is InChI=1S/C17H32O3/c1-14(2,3)12(18)16(7,8)11-17(9,10)13(19)20-15(4,5)6/h11H2,1-10H3. The number of carbonyl (C=O) groups is 2. The Kier molecular flexibility index (Phi) is 5.26. The highest BCUT2D eigenvalue weighted by Gasteiger charge is 2.43. The van der Waals surface area contributed by atoms with Gasteiger partial charge < -0.3 is 4.74 Å². The van der Waals surface area contributed by atoms with Crippen molar-refractivity contribution < 1.29 is 14.3 Å². The van der Waals surface area contributed by atoms with Gasteiger partial charge in [0.1, 0.15) is 11.4 Å². The molecule has 118 valence electrons. The number of esters is 1. The van der Waals surface area contributed by atoms with Gasteiger partial charge in [-0.05, 0) is 41.0 Å². The Labute approximate surface area is 124 Å². The second kappa shape index (κ2) is 5.50. The van der Waals surface area contributed by atoms with Crippen LogP contribution in [0.5, 0.6) is 0 Å². The molecule has 3 nitrogen and oxygen atoms in total. The lowest BCUT2D eigenvalue weighted by molar-refractivity contribution is -0.168. The molecule has 0 fully saturated rings. The average Bonchev–Trinajstić information content (AvgIpc) is 2.10. The molecule has 0 heterocycles. The first-order chi connectivity index (χ1) is 8.49. The molecule has 0 aromatic rings. The van der Waals surface area contributed by atoms with Gasteiger partial charge in [-0.25, -0.2) is 0 Å². The van der Waals surface area contributed by atoms with E-state index in [-0.39, 0.29) is 11.8 Å². The Balaban J connectivity index is 5.09. The fourth-order valence-electron chi connectivity index (χ4n) is 2.69. The monoisotopic (exact) mass is 284 g/mol. The van der Waals surface area contributed by atoms with Crippen molar-refractivity contribution in [1.82, 2.24) is 0 Å². The molecular weight excluding hydrogens is 252 g/mol. The highest BCUT2D eigenvalue weighted by Crippen LogP contribution is 2.40. The third kappa shape index (κ3) is 5.64. The van der Waals surface area contributed by atoms with Crippen molar-refractivity contribution in [2.45, 2.75) is 81.3 Å². The zero-order chi connectivity index (χ0) is 16.6. The minimum absolute atomic E-state index is 0.168. The maximum Gasteiger partial charge on any atom is 0.312 e. The number of Topliss-reactive ketones (excluding diaryl/α,β-unsaturated/α-hetero) is 1. The second-order valence-electron chi connectivity index (χ2n) is 9.03. The Morgan fingerprint density at radius 3 is 1.45 bits per heavy atom. The zero-order valence-electron chi connectivity index (χ0n) is 14.9. The average molecular weight is 284 g/mol. The first-order valence-electron chi connectivity index (χ1n) is 7.27. The van der Waals surface area contributed by atoms with Gasteiger partial charge in [0.15, 0.2) is 0 Å². The number of hydrogen-bond donors (Lipinski definition) is 0. The van der Waals surface area contributed by atoms with Gasteiger partial charge in [-0.1, -0.05) is 34.6 Å². The number of hydrogen-bond acceptors (Lipinski definition) is 3. The summed E-state index contributed by atoms with van der Waals surface area (Å²) in [6.45, 7) is 18.8. The normalized spacial score (nSPS) is 14.1. The van der Waals surface area contributed by atoms with E-state index in [0.717, 1.165) is 0 Å². The quantitative estimate of drug-likeness (QED) is 0.719. The van der Waals surface area contributed by atoms with Crippen LogP contribution in [0.25, 0.3) is 0 Å². The van der Waals surface area contributed by atoms with Crippen molar-refractivity contribution in [3.05, 3.63) is 0 Å². The van der Waals surface area contributed by atoms with Crippen molar-refractivity contribution >= 4 is 11.8 Å². The highest BCUT2D eigenvalue weighted by molar-refractivity contribution is 5.89. The summed E-state index contributed by atoms with van der Waals surface area (Å²) < 4.78 is 5.46. The molecule has 0 atom stereocenters. The van der Waals surface area contributed by atoms with Gasteiger partial charge in [-0.3, -0.25) is 9.59 Å². The van der Waals surface area contributed by atoms with Crippen LogP contribution in [-0.4, -0.2) is 17.4 Å². The van der Waals surface area contributed by atoms with Gasteiger partial charge in [0.05, 0.1) is 5.41 Å². The molecule has 0 amide bonds. The summed E-state index contributed by atoms with van der Waals surface area (Å²) in [6, 6.07) is 0. The van der Waals surface area contributed by atoms with Crippen LogP contribution in [0, 0.1) is 16.2 Å². The molecule has 20 heavy (non-hydrogen) atoms. The van der Waals surface area contributed by atoms with Gasteiger partial charge in [-0.2, -0.15) is 0 Å². The number of carbonyl (C=O) groups excluding carboxylic acids is 2. The number of ether oxygens (including phenoxy) is 1. The first-order valence-corrected chi connectivity index (χ1v) is 7.27. The minimum Gasteiger partial charge on any atom is -0.460 e. The summed E-state index contributed by atoms with van der Waals surface area (Å²) in [5.74, 6) is -0.0820. The summed E-state index contributed by atoms with van der Waals surface area (Å²) in [7, 11) is 0. The molecule has 0 aliphatic heterocycles. The molecule has 0 N–H and O–H groups in total. The lowest BCUT2D eigenvalue weighted by atomic mass is 9.67. The van der Waals surface area contributed by atoms with E-state index in [4.69, 9.17) is 4.74 Å². The Morgan fingerprint density at radius 1 is 0.750 bits per heavy atom. The van der Waals surface area contributed by atoms with Gasteiger partial charge >= 0.3 is 5.97 Å². The molecule has 3 heteroatoms. The summed E-state index contributed by atoms with van der Waals surface area (Å²) in [5, 5.41) is 0. The van der Waals surface area contributed by atoms with Crippen LogP contribution in [0.4, 0.5) is 0 Å². The van der Waals surface area contributed by atoms with Crippen molar-refractivity contribution in [3.63, 3.8) is 0 Å². The van der Waals surface area contributed by atoms with E-state index in [2.05, 4.69) is 0 Å². The molecule has 0 aromatic heterocycles. The van der Waals surface area contributed by atoms with Gasteiger partial charge in [0.2, 0.25) is 0 Å². The van der Waals surface area contributed by atoms with E-state index in [0.29, 0.717) is 6.42 Å². The highest BCUT2D eigenvalue weighted by atomic mass is 16.6. The van der Waals surface area contributed by atoms with Crippen molar-refractivity contribution in [3.8, 4) is 0 Å². The summed E-state index contributed by atoms with van der Waals surface area (Å²) in [5.41, 5.74) is -2.16. The molecule has 0 bridgehead atoms. The topological polar surface area (TPSA) is 43.4 Å². The molecule has 0 saturated carbocycles. The fraction of sp³-hybridized carbons (Fsp3) is 0.882. The number of ketones is 1. The van der Waals surface area contributed by atoms with Gasteiger partial charge in [-0.15, -0.1) is 0 Å². The third-order valence-electron chi connectivity index (χ3n) is 3.13. The van der Waals surface area contributed by atoms with Gasteiger partial charge in [0.25, 0.3) is 0 Å². The number of rotatable bonds is 4. The predicted molar refractivity (Wildman–Crippen MR) is 82.5 cm³/mol. The van der Waals surface area contributed by atoms with E-state index in [1.165, 1.54) is 0 Å². The van der Waals surface area contributed by atoms with Crippen molar-refractivity contribution in [2.75, 3.05) is 0 Å². The molecule has 0 saturated heterocycles. The minimum atomic E-state index is -0.683. The Morgan fingerprint density at radius 2 is 1.15 bits per heavy atom. The summed E-state index contributed by atoms with van der Waals surface area (Å²) in [6.07, 6.45) is 0.477. The van der Waals surface area contributed by atoms with E-state index in [1.54, 1.807) is 0 Å². The second-order valence-corrected chi connectivity index (χ2v) is 9.03.